The number of nitrogens with one attached hydrogen (secondary N) is 2. The quantitative estimate of drug-likeness (QED) is 0.742. The summed E-state index contributed by atoms with van der Waals surface area (Å²) >= 11 is 0. The van der Waals surface area contributed by atoms with Gasteiger partial charge in [-0.05, 0) is 43.1 Å². The lowest BCUT2D eigenvalue weighted by molar-refractivity contribution is 0.0695. The van der Waals surface area contributed by atoms with Crippen LogP contribution in [0.3, 0.4) is 0 Å². The third-order valence-electron chi connectivity index (χ3n) is 6.03. The molecule has 2 aliphatic heterocycles. The number of hydrogen-bond acceptors (Lipinski definition) is 5. The van der Waals surface area contributed by atoms with Crippen LogP contribution in [0.1, 0.15) is 22.3 Å². The van der Waals surface area contributed by atoms with Crippen molar-refractivity contribution in [1.82, 2.24) is 10.0 Å². The molecule has 3 aliphatic rings. The molecule has 8 heteroatoms. The summed E-state index contributed by atoms with van der Waals surface area (Å²) in [5.74, 6) is -0.182. The van der Waals surface area contributed by atoms with E-state index in [0.29, 0.717) is 17.9 Å². The summed E-state index contributed by atoms with van der Waals surface area (Å²) < 4.78 is 34.9. The Morgan fingerprint density at radius 2 is 2.00 bits per heavy atom. The maximum atomic E-state index is 13.0. The van der Waals surface area contributed by atoms with E-state index in [9.17, 15) is 18.3 Å². The summed E-state index contributed by atoms with van der Waals surface area (Å²) in [6, 6.07) is 11.4. The molecule has 0 radical (unpaired) electrons. The molecule has 2 bridgehead atoms. The first-order valence-corrected chi connectivity index (χ1v) is 10.3. The first-order valence-electron chi connectivity index (χ1n) is 8.79. The number of carboxylic acids is 1. The van der Waals surface area contributed by atoms with Crippen molar-refractivity contribution in [2.24, 2.45) is 5.92 Å². The van der Waals surface area contributed by atoms with E-state index in [0.717, 1.165) is 13.0 Å². The van der Waals surface area contributed by atoms with Gasteiger partial charge in [-0.1, -0.05) is 18.2 Å². The van der Waals surface area contributed by atoms with Crippen LogP contribution in [0.4, 0.5) is 0 Å². The van der Waals surface area contributed by atoms with Gasteiger partial charge in [0, 0.05) is 23.6 Å². The highest BCUT2D eigenvalue weighted by Gasteiger charge is 2.62. The number of para-hydroxylation sites is 1. The molecule has 2 aromatic carbocycles. The Bertz CT molecular complexity index is 1050. The number of aromatic carboxylic acids is 1. The number of carbonyl (C=O) groups is 1. The highest BCUT2D eigenvalue weighted by Crippen LogP contribution is 2.57. The molecular formula is C19H18N2O5S. The topological polar surface area (TPSA) is 105 Å². The van der Waals surface area contributed by atoms with Gasteiger partial charge in [-0.15, -0.1) is 0 Å². The van der Waals surface area contributed by atoms with Crippen LogP contribution in [0.5, 0.6) is 11.5 Å². The minimum absolute atomic E-state index is 0.0432. The highest BCUT2D eigenvalue weighted by molar-refractivity contribution is 7.89. The molecule has 140 valence electrons. The standard InChI is InChI=1S/C19H18N2O5S/c22-18(23)11-6-14-17(26-13-4-2-1-3-5-13)15(7-11)27(24,25)21-16-8-12-9-20-10-19(12,14)16/h1-7,12,16,20-21H,8-10H2,(H,22,23). The van der Waals surface area contributed by atoms with Gasteiger partial charge >= 0.3 is 5.97 Å². The summed E-state index contributed by atoms with van der Waals surface area (Å²) in [6.07, 6.45) is 0.720. The minimum Gasteiger partial charge on any atom is -0.478 e. The van der Waals surface area contributed by atoms with Gasteiger partial charge in [0.05, 0.1) is 5.56 Å². The number of rotatable bonds is 3. The Kier molecular flexibility index (Phi) is 3.43. The Morgan fingerprint density at radius 1 is 1.22 bits per heavy atom. The van der Waals surface area contributed by atoms with Crippen LogP contribution in [0.2, 0.25) is 0 Å². The summed E-state index contributed by atoms with van der Waals surface area (Å²) in [5, 5.41) is 12.9. The van der Waals surface area contributed by atoms with Crippen molar-refractivity contribution in [2.75, 3.05) is 13.1 Å². The number of carboxylic acid groups (broad SMARTS) is 1. The molecule has 1 aliphatic carbocycles. The molecule has 0 amide bonds. The molecule has 5 rings (SSSR count). The lowest BCUT2D eigenvalue weighted by Gasteiger charge is -2.51. The van der Waals surface area contributed by atoms with Crippen molar-refractivity contribution >= 4 is 16.0 Å². The van der Waals surface area contributed by atoms with Gasteiger partial charge in [-0.2, -0.15) is 0 Å². The average molecular weight is 386 g/mol. The maximum Gasteiger partial charge on any atom is 0.335 e. The summed E-state index contributed by atoms with van der Waals surface area (Å²) in [6.45, 7) is 1.36. The molecule has 2 heterocycles. The van der Waals surface area contributed by atoms with Gasteiger partial charge in [0.2, 0.25) is 10.0 Å². The van der Waals surface area contributed by atoms with Gasteiger partial charge in [0.1, 0.15) is 10.6 Å². The van der Waals surface area contributed by atoms with Crippen molar-refractivity contribution in [1.29, 1.82) is 0 Å². The molecule has 0 aromatic heterocycles. The minimum atomic E-state index is -3.91. The van der Waals surface area contributed by atoms with Crippen LogP contribution >= 0.6 is 0 Å². The van der Waals surface area contributed by atoms with Crippen molar-refractivity contribution in [2.45, 2.75) is 22.8 Å². The first-order chi connectivity index (χ1) is 12.9. The fourth-order valence-corrected chi connectivity index (χ4v) is 6.19. The van der Waals surface area contributed by atoms with Crippen molar-refractivity contribution in [3.63, 3.8) is 0 Å². The highest BCUT2D eigenvalue weighted by atomic mass is 32.2. The largest absolute Gasteiger partial charge is 0.478 e. The zero-order valence-corrected chi connectivity index (χ0v) is 15.1. The smallest absolute Gasteiger partial charge is 0.335 e. The maximum absolute atomic E-state index is 13.0. The molecule has 2 aromatic rings. The fourth-order valence-electron chi connectivity index (χ4n) is 4.70. The van der Waals surface area contributed by atoms with Crippen LogP contribution in [-0.4, -0.2) is 38.6 Å². The summed E-state index contributed by atoms with van der Waals surface area (Å²) in [5.41, 5.74) is 0.118. The molecule has 1 spiro atoms. The molecule has 3 N–H and O–H groups in total. The predicted molar refractivity (Wildman–Crippen MR) is 96.7 cm³/mol. The molecule has 3 atom stereocenters. The zero-order valence-electron chi connectivity index (χ0n) is 14.3. The second kappa shape index (κ2) is 5.54. The molecular weight excluding hydrogens is 368 g/mol. The summed E-state index contributed by atoms with van der Waals surface area (Å²) in [4.78, 5) is 11.5. The molecule has 2 fully saturated rings. The number of hydrogen-bond donors (Lipinski definition) is 3. The van der Waals surface area contributed by atoms with E-state index in [1.165, 1.54) is 6.07 Å². The van der Waals surface area contributed by atoms with E-state index in [1.54, 1.807) is 30.3 Å². The van der Waals surface area contributed by atoms with Crippen molar-refractivity contribution in [3.05, 3.63) is 53.6 Å². The number of benzene rings is 2. The number of ether oxygens (including phenoxy) is 1. The Hall–Kier alpha value is -2.42. The second-order valence-electron chi connectivity index (χ2n) is 7.35. The van der Waals surface area contributed by atoms with Gasteiger partial charge < -0.3 is 15.2 Å². The van der Waals surface area contributed by atoms with E-state index in [1.807, 2.05) is 6.07 Å². The molecule has 7 nitrogen and oxygen atoms in total. The Balaban J connectivity index is 1.80. The van der Waals surface area contributed by atoms with Crippen LogP contribution in [0.15, 0.2) is 47.4 Å². The predicted octanol–water partition coefficient (Wildman–Crippen LogP) is 1.70. The van der Waals surface area contributed by atoms with E-state index < -0.39 is 21.4 Å². The molecule has 27 heavy (non-hydrogen) atoms. The van der Waals surface area contributed by atoms with E-state index in [-0.39, 0.29) is 28.2 Å². The zero-order chi connectivity index (χ0) is 18.8. The van der Waals surface area contributed by atoms with Crippen LogP contribution in [0.25, 0.3) is 0 Å². The molecule has 1 saturated heterocycles. The SMILES string of the molecule is O=C(O)c1cc2c(Oc3ccccc3)c(c1)S(=O)(=O)NC1CC3CNCC231. The molecule has 1 saturated carbocycles. The van der Waals surface area contributed by atoms with Gasteiger partial charge in [0.15, 0.2) is 5.75 Å². The average Bonchev–Trinajstić information content (AvgIpc) is 2.96. The lowest BCUT2D eigenvalue weighted by Crippen LogP contribution is -2.62. The third-order valence-corrected chi connectivity index (χ3v) is 7.51. The van der Waals surface area contributed by atoms with Gasteiger partial charge in [-0.25, -0.2) is 17.9 Å². The monoisotopic (exact) mass is 386 g/mol. The van der Waals surface area contributed by atoms with Crippen LogP contribution in [0, 0.1) is 5.92 Å². The Morgan fingerprint density at radius 3 is 2.70 bits per heavy atom. The number of fused-ring (bicyclic) bond motifs is 2. The van der Waals surface area contributed by atoms with Crippen molar-refractivity contribution in [3.8, 4) is 11.5 Å². The first kappa shape index (κ1) is 16.7. The van der Waals surface area contributed by atoms with E-state index in [2.05, 4.69) is 10.0 Å². The van der Waals surface area contributed by atoms with E-state index in [4.69, 9.17) is 4.74 Å². The van der Waals surface area contributed by atoms with Crippen molar-refractivity contribution < 1.29 is 23.1 Å². The Labute approximate surface area is 156 Å². The fraction of sp³-hybridized carbons (Fsp3) is 0.316. The number of sulfonamides is 1. The van der Waals surface area contributed by atoms with Gasteiger partial charge in [0.25, 0.3) is 0 Å². The summed E-state index contributed by atoms with van der Waals surface area (Å²) in [7, 11) is -3.91. The lowest BCUT2D eigenvalue weighted by atomic mass is 9.55. The van der Waals surface area contributed by atoms with E-state index >= 15 is 0 Å². The molecule has 3 unspecified atom stereocenters. The second-order valence-corrected chi connectivity index (χ2v) is 9.03. The normalized spacial score (nSPS) is 29.8. The van der Waals surface area contributed by atoms with Crippen LogP contribution in [-0.2, 0) is 15.4 Å². The van der Waals surface area contributed by atoms with Gasteiger partial charge in [-0.3, -0.25) is 0 Å². The third kappa shape index (κ3) is 2.27. The van der Waals surface area contributed by atoms with Crippen LogP contribution < -0.4 is 14.8 Å².